The van der Waals surface area contributed by atoms with Crippen molar-refractivity contribution in [1.29, 1.82) is 0 Å². The lowest BCUT2D eigenvalue weighted by molar-refractivity contribution is -0.138. The van der Waals surface area contributed by atoms with Gasteiger partial charge in [-0.3, -0.25) is 9.69 Å². The SMILES string of the molecule is CCCC[C@H]1CN(C(c2ccc(Cl)cc2)c2ccc(Cl)cc2)CCN1C(=O)CC1CCNCC1. The van der Waals surface area contributed by atoms with Gasteiger partial charge < -0.3 is 10.2 Å². The Morgan fingerprint density at radius 1 is 0.971 bits per heavy atom. The van der Waals surface area contributed by atoms with Gasteiger partial charge >= 0.3 is 0 Å². The van der Waals surface area contributed by atoms with Crippen LogP contribution < -0.4 is 5.32 Å². The first-order valence-corrected chi connectivity index (χ1v) is 13.6. The number of hydrogen-bond donors (Lipinski definition) is 1. The molecule has 0 spiro atoms. The van der Waals surface area contributed by atoms with E-state index in [9.17, 15) is 4.79 Å². The second-order valence-electron chi connectivity index (χ2n) is 9.78. The first-order chi connectivity index (χ1) is 16.5. The minimum absolute atomic E-state index is 0.111. The van der Waals surface area contributed by atoms with Gasteiger partial charge in [-0.05, 0) is 73.7 Å². The normalized spacial score (nSPS) is 20.1. The largest absolute Gasteiger partial charge is 0.337 e. The van der Waals surface area contributed by atoms with Gasteiger partial charge in [0.2, 0.25) is 5.91 Å². The first-order valence-electron chi connectivity index (χ1n) is 12.8. The molecule has 1 N–H and O–H groups in total. The predicted octanol–water partition coefficient (Wildman–Crippen LogP) is 6.18. The zero-order valence-corrected chi connectivity index (χ0v) is 21.7. The van der Waals surface area contributed by atoms with Crippen molar-refractivity contribution >= 4 is 29.1 Å². The summed E-state index contributed by atoms with van der Waals surface area (Å²) in [5, 5.41) is 4.90. The van der Waals surface area contributed by atoms with Crippen LogP contribution in [0.25, 0.3) is 0 Å². The fourth-order valence-corrected chi connectivity index (χ4v) is 5.74. The average molecular weight is 503 g/mol. The molecule has 184 valence electrons. The molecule has 2 heterocycles. The van der Waals surface area contributed by atoms with Crippen LogP contribution in [0, 0.1) is 5.92 Å². The quantitative estimate of drug-likeness (QED) is 0.469. The van der Waals surface area contributed by atoms with Gasteiger partial charge in [0.25, 0.3) is 0 Å². The van der Waals surface area contributed by atoms with Gasteiger partial charge in [0.15, 0.2) is 0 Å². The summed E-state index contributed by atoms with van der Waals surface area (Å²) < 4.78 is 0. The number of nitrogens with zero attached hydrogens (tertiary/aromatic N) is 2. The molecule has 0 aromatic heterocycles. The number of hydrogen-bond acceptors (Lipinski definition) is 3. The topological polar surface area (TPSA) is 35.6 Å². The zero-order valence-electron chi connectivity index (χ0n) is 20.2. The molecule has 34 heavy (non-hydrogen) atoms. The number of benzene rings is 2. The van der Waals surface area contributed by atoms with Crippen LogP contribution in [0.15, 0.2) is 48.5 Å². The molecule has 2 aliphatic heterocycles. The number of halogens is 2. The van der Waals surface area contributed by atoms with Gasteiger partial charge in [-0.1, -0.05) is 67.2 Å². The number of carbonyl (C=O) groups is 1. The molecule has 1 amide bonds. The summed E-state index contributed by atoms with van der Waals surface area (Å²) in [4.78, 5) is 18.1. The van der Waals surface area contributed by atoms with Crippen molar-refractivity contribution < 1.29 is 4.79 Å². The molecule has 0 bridgehead atoms. The van der Waals surface area contributed by atoms with Gasteiger partial charge in [0.05, 0.1) is 6.04 Å². The van der Waals surface area contributed by atoms with Crippen molar-refractivity contribution in [2.45, 2.75) is 57.5 Å². The van der Waals surface area contributed by atoms with Crippen molar-refractivity contribution in [3.05, 3.63) is 69.7 Å². The van der Waals surface area contributed by atoms with E-state index in [4.69, 9.17) is 23.2 Å². The molecule has 4 rings (SSSR count). The maximum atomic E-state index is 13.4. The van der Waals surface area contributed by atoms with E-state index in [1.807, 2.05) is 24.3 Å². The van der Waals surface area contributed by atoms with E-state index in [0.717, 1.165) is 74.9 Å². The van der Waals surface area contributed by atoms with E-state index >= 15 is 0 Å². The third-order valence-electron chi connectivity index (χ3n) is 7.38. The van der Waals surface area contributed by atoms with E-state index < -0.39 is 0 Å². The molecule has 2 fully saturated rings. The lowest BCUT2D eigenvalue weighted by Crippen LogP contribution is -2.56. The number of rotatable bonds is 8. The molecule has 1 atom stereocenters. The Kier molecular flexibility index (Phi) is 9.30. The van der Waals surface area contributed by atoms with Crippen LogP contribution in [0.2, 0.25) is 10.0 Å². The molecule has 0 radical (unpaired) electrons. The Morgan fingerprint density at radius 3 is 2.12 bits per heavy atom. The van der Waals surface area contributed by atoms with E-state index in [1.54, 1.807) is 0 Å². The Hall–Kier alpha value is -1.59. The molecule has 0 saturated carbocycles. The molecule has 2 aliphatic rings. The Bertz CT molecular complexity index is 867. The van der Waals surface area contributed by atoms with Crippen LogP contribution in [0.5, 0.6) is 0 Å². The van der Waals surface area contributed by atoms with Crippen LogP contribution >= 0.6 is 23.2 Å². The zero-order chi connectivity index (χ0) is 23.9. The van der Waals surface area contributed by atoms with Crippen molar-refractivity contribution in [1.82, 2.24) is 15.1 Å². The molecular weight excluding hydrogens is 465 g/mol. The average Bonchev–Trinajstić information content (AvgIpc) is 2.86. The molecule has 2 saturated heterocycles. The summed E-state index contributed by atoms with van der Waals surface area (Å²) in [5.41, 5.74) is 2.44. The van der Waals surface area contributed by atoms with Crippen LogP contribution in [-0.4, -0.2) is 54.5 Å². The highest BCUT2D eigenvalue weighted by Gasteiger charge is 2.35. The lowest BCUT2D eigenvalue weighted by Gasteiger charge is -2.45. The predicted molar refractivity (Wildman–Crippen MR) is 142 cm³/mol. The smallest absolute Gasteiger partial charge is 0.223 e. The monoisotopic (exact) mass is 501 g/mol. The third-order valence-corrected chi connectivity index (χ3v) is 7.89. The minimum atomic E-state index is 0.111. The standard InChI is InChI=1S/C28H37Cl2N3O/c1-2-3-4-26-20-32(17-18-33(26)27(34)19-21-13-15-31-16-14-21)28(22-5-9-24(29)10-6-22)23-7-11-25(30)12-8-23/h5-12,21,26,28,31H,2-4,13-20H2,1H3/t26-/m0/s1. The van der Waals surface area contributed by atoms with E-state index in [0.29, 0.717) is 18.2 Å². The number of amides is 1. The highest BCUT2D eigenvalue weighted by molar-refractivity contribution is 6.30. The van der Waals surface area contributed by atoms with Crippen molar-refractivity contribution in [2.24, 2.45) is 5.92 Å². The Balaban J connectivity index is 1.55. The van der Waals surface area contributed by atoms with E-state index in [-0.39, 0.29) is 12.1 Å². The Morgan fingerprint density at radius 2 is 1.56 bits per heavy atom. The van der Waals surface area contributed by atoms with E-state index in [1.165, 1.54) is 11.1 Å². The van der Waals surface area contributed by atoms with Crippen LogP contribution in [-0.2, 0) is 4.79 Å². The Labute approximate surface area is 214 Å². The van der Waals surface area contributed by atoms with Gasteiger partial charge in [0, 0.05) is 42.1 Å². The number of nitrogens with one attached hydrogen (secondary N) is 1. The highest BCUT2D eigenvalue weighted by Crippen LogP contribution is 2.33. The maximum absolute atomic E-state index is 13.4. The van der Waals surface area contributed by atoms with Crippen LogP contribution in [0.3, 0.4) is 0 Å². The highest BCUT2D eigenvalue weighted by atomic mass is 35.5. The van der Waals surface area contributed by atoms with Gasteiger partial charge in [-0.2, -0.15) is 0 Å². The second-order valence-corrected chi connectivity index (χ2v) is 10.7. The molecular formula is C28H37Cl2N3O. The second kappa shape index (κ2) is 12.4. The fraction of sp³-hybridized carbons (Fsp3) is 0.536. The number of piperidine rings is 1. The minimum Gasteiger partial charge on any atom is -0.337 e. The maximum Gasteiger partial charge on any atom is 0.223 e. The summed E-state index contributed by atoms with van der Waals surface area (Å²) in [6.45, 7) is 6.83. The molecule has 2 aromatic rings. The molecule has 0 unspecified atom stereocenters. The van der Waals surface area contributed by atoms with Gasteiger partial charge in [-0.15, -0.1) is 0 Å². The molecule has 4 nitrogen and oxygen atoms in total. The summed E-state index contributed by atoms with van der Waals surface area (Å²) in [5.74, 6) is 0.872. The summed E-state index contributed by atoms with van der Waals surface area (Å²) in [6, 6.07) is 16.7. The van der Waals surface area contributed by atoms with Gasteiger partial charge in [0.1, 0.15) is 0 Å². The molecule has 6 heteroatoms. The van der Waals surface area contributed by atoms with Crippen molar-refractivity contribution in [2.75, 3.05) is 32.7 Å². The number of carbonyl (C=O) groups excluding carboxylic acids is 1. The van der Waals surface area contributed by atoms with Crippen molar-refractivity contribution in [3.8, 4) is 0 Å². The summed E-state index contributed by atoms with van der Waals surface area (Å²) in [7, 11) is 0. The van der Waals surface area contributed by atoms with Crippen molar-refractivity contribution in [3.63, 3.8) is 0 Å². The lowest BCUT2D eigenvalue weighted by atomic mass is 9.92. The molecule has 0 aliphatic carbocycles. The fourth-order valence-electron chi connectivity index (χ4n) is 5.48. The van der Waals surface area contributed by atoms with Gasteiger partial charge in [-0.25, -0.2) is 0 Å². The van der Waals surface area contributed by atoms with E-state index in [2.05, 4.69) is 46.3 Å². The third kappa shape index (κ3) is 6.54. The first kappa shape index (κ1) is 25.5. The van der Waals surface area contributed by atoms with Crippen LogP contribution in [0.1, 0.15) is 62.6 Å². The molecule has 2 aromatic carbocycles. The number of piperazine rings is 1. The van der Waals surface area contributed by atoms with Crippen LogP contribution in [0.4, 0.5) is 0 Å². The number of unbranched alkanes of at least 4 members (excludes halogenated alkanes) is 1. The summed E-state index contributed by atoms with van der Waals surface area (Å²) >= 11 is 12.4. The summed E-state index contributed by atoms with van der Waals surface area (Å²) in [6.07, 6.45) is 6.26.